The number of hydrogen-bond donors (Lipinski definition) is 2. The van der Waals surface area contributed by atoms with Crippen molar-refractivity contribution >= 4 is 5.69 Å². The summed E-state index contributed by atoms with van der Waals surface area (Å²) in [6, 6.07) is 14.8. The van der Waals surface area contributed by atoms with Crippen LogP contribution in [0.15, 0.2) is 42.5 Å². The van der Waals surface area contributed by atoms with E-state index in [1.807, 2.05) is 24.3 Å². The molecule has 0 bridgehead atoms. The number of rotatable bonds is 8. The van der Waals surface area contributed by atoms with Crippen LogP contribution in [0.25, 0.3) is 0 Å². The fourth-order valence-corrected chi connectivity index (χ4v) is 4.19. The number of nitrogens with one attached hydrogen (secondary N) is 1. The maximum atomic E-state index is 11.0. The predicted octanol–water partition coefficient (Wildman–Crippen LogP) is 4.46. The Kier molecular flexibility index (Phi) is 6.97. The number of hydrogen-bond acceptors (Lipinski definition) is 4. The molecule has 0 aliphatic heterocycles. The van der Waals surface area contributed by atoms with Crippen molar-refractivity contribution in [2.75, 3.05) is 18.0 Å². The van der Waals surface area contributed by atoms with Gasteiger partial charge in [0.05, 0.1) is 11.8 Å². The van der Waals surface area contributed by atoms with E-state index in [-0.39, 0.29) is 6.04 Å². The summed E-state index contributed by atoms with van der Waals surface area (Å²) in [7, 11) is 0. The van der Waals surface area contributed by atoms with Crippen LogP contribution in [-0.4, -0.2) is 30.3 Å². The molecule has 1 aliphatic rings. The van der Waals surface area contributed by atoms with E-state index in [1.54, 1.807) is 0 Å². The number of anilines is 1. The molecule has 2 atom stereocenters. The minimum atomic E-state index is -0.483. The summed E-state index contributed by atoms with van der Waals surface area (Å²) in [5, 5.41) is 14.5. The maximum absolute atomic E-state index is 11.0. The smallest absolute Gasteiger partial charge is 0.143 e. The highest BCUT2D eigenvalue weighted by molar-refractivity contribution is 5.67. The molecule has 0 aromatic heterocycles. The third-order valence-electron chi connectivity index (χ3n) is 5.55. The lowest BCUT2D eigenvalue weighted by atomic mass is 9.84. The first-order valence-corrected chi connectivity index (χ1v) is 10.6. The van der Waals surface area contributed by atoms with Crippen molar-refractivity contribution in [2.45, 2.75) is 65.3 Å². The highest BCUT2D eigenvalue weighted by atomic mass is 16.5. The Balaban J connectivity index is 1.93. The zero-order valence-electron chi connectivity index (χ0n) is 17.6. The van der Waals surface area contributed by atoms with Crippen molar-refractivity contribution in [1.82, 2.24) is 5.32 Å². The largest absolute Gasteiger partial charge is 0.487 e. The van der Waals surface area contributed by atoms with Gasteiger partial charge in [0.15, 0.2) is 0 Å². The molecule has 4 nitrogen and oxygen atoms in total. The molecule has 0 heterocycles. The van der Waals surface area contributed by atoms with Crippen LogP contribution in [-0.2, 0) is 13.0 Å². The van der Waals surface area contributed by atoms with Crippen LogP contribution in [0.2, 0.25) is 0 Å². The van der Waals surface area contributed by atoms with Gasteiger partial charge in [-0.15, -0.1) is 0 Å². The number of aliphatic hydroxyl groups is 1. The zero-order valence-corrected chi connectivity index (χ0v) is 17.6. The minimum absolute atomic E-state index is 0.105. The third-order valence-corrected chi connectivity index (χ3v) is 5.55. The number of nitrogens with zero attached hydrogens (tertiary/aromatic N) is 1. The van der Waals surface area contributed by atoms with Crippen molar-refractivity contribution in [3.63, 3.8) is 0 Å². The van der Waals surface area contributed by atoms with Gasteiger partial charge in [0, 0.05) is 25.2 Å². The average molecular weight is 383 g/mol. The summed E-state index contributed by atoms with van der Waals surface area (Å²) in [5.74, 6) is 0.911. The quantitative estimate of drug-likeness (QED) is 0.708. The third kappa shape index (κ3) is 4.50. The standard InChI is InChI=1S/C24H34N2O2/c1-5-26(6-2)23-19-12-14-21(25-17(3)4)24(27)20(19)13-15-22(23)28-16-18-10-8-7-9-11-18/h7-11,13,15,17,21,24-25,27H,5-6,12,14,16H2,1-4H3. The highest BCUT2D eigenvalue weighted by Gasteiger charge is 2.31. The monoisotopic (exact) mass is 382 g/mol. The number of benzene rings is 2. The molecule has 0 saturated carbocycles. The molecular weight excluding hydrogens is 348 g/mol. The van der Waals surface area contributed by atoms with Gasteiger partial charge in [0.25, 0.3) is 0 Å². The topological polar surface area (TPSA) is 44.7 Å². The van der Waals surface area contributed by atoms with E-state index in [2.05, 4.69) is 56.1 Å². The Morgan fingerprint density at radius 2 is 1.82 bits per heavy atom. The molecule has 0 amide bonds. The molecule has 0 spiro atoms. The second-order valence-corrected chi connectivity index (χ2v) is 7.84. The SMILES string of the molecule is CCN(CC)c1c(OCc2ccccc2)ccc2c1CCC(NC(C)C)C2O. The first-order chi connectivity index (χ1) is 13.5. The molecule has 152 valence electrons. The van der Waals surface area contributed by atoms with Gasteiger partial charge < -0.3 is 20.1 Å². The lowest BCUT2D eigenvalue weighted by molar-refractivity contribution is 0.110. The Morgan fingerprint density at radius 1 is 1.11 bits per heavy atom. The average Bonchev–Trinajstić information content (AvgIpc) is 2.70. The van der Waals surface area contributed by atoms with Gasteiger partial charge in [-0.2, -0.15) is 0 Å². The summed E-state index contributed by atoms with van der Waals surface area (Å²) >= 11 is 0. The van der Waals surface area contributed by atoms with E-state index < -0.39 is 6.10 Å². The molecule has 0 saturated heterocycles. The molecule has 1 aliphatic carbocycles. The summed E-state index contributed by atoms with van der Waals surface area (Å²) in [5.41, 5.74) is 4.59. The Hall–Kier alpha value is -2.04. The van der Waals surface area contributed by atoms with Gasteiger partial charge in [-0.3, -0.25) is 0 Å². The fraction of sp³-hybridized carbons (Fsp3) is 0.500. The van der Waals surface area contributed by atoms with Crippen LogP contribution >= 0.6 is 0 Å². The van der Waals surface area contributed by atoms with E-state index in [9.17, 15) is 5.11 Å². The van der Waals surface area contributed by atoms with E-state index >= 15 is 0 Å². The molecule has 28 heavy (non-hydrogen) atoms. The van der Waals surface area contributed by atoms with Crippen LogP contribution in [0.5, 0.6) is 5.75 Å². The zero-order chi connectivity index (χ0) is 20.1. The van der Waals surface area contributed by atoms with Gasteiger partial charge in [-0.05, 0) is 49.4 Å². The van der Waals surface area contributed by atoms with Gasteiger partial charge in [0.2, 0.25) is 0 Å². The lowest BCUT2D eigenvalue weighted by Crippen LogP contribution is -2.42. The highest BCUT2D eigenvalue weighted by Crippen LogP contribution is 2.42. The summed E-state index contributed by atoms with van der Waals surface area (Å²) in [6.07, 6.45) is 1.40. The second kappa shape index (κ2) is 9.44. The van der Waals surface area contributed by atoms with Crippen LogP contribution in [0.1, 0.15) is 56.9 Å². The van der Waals surface area contributed by atoms with Gasteiger partial charge in [-0.25, -0.2) is 0 Å². The van der Waals surface area contributed by atoms with Gasteiger partial charge in [-0.1, -0.05) is 50.2 Å². The normalized spacial score (nSPS) is 18.8. The Labute approximate surface area is 169 Å². The molecule has 2 N–H and O–H groups in total. The van der Waals surface area contributed by atoms with Crippen LogP contribution in [0.4, 0.5) is 5.69 Å². The minimum Gasteiger partial charge on any atom is -0.487 e. The first kappa shape index (κ1) is 20.7. The lowest BCUT2D eigenvalue weighted by Gasteiger charge is -2.36. The van der Waals surface area contributed by atoms with Crippen molar-refractivity contribution < 1.29 is 9.84 Å². The second-order valence-electron chi connectivity index (χ2n) is 7.84. The van der Waals surface area contributed by atoms with E-state index in [0.29, 0.717) is 12.6 Å². The van der Waals surface area contributed by atoms with Crippen molar-refractivity contribution in [1.29, 1.82) is 0 Å². The predicted molar refractivity (Wildman–Crippen MR) is 116 cm³/mol. The van der Waals surface area contributed by atoms with Crippen molar-refractivity contribution in [2.24, 2.45) is 0 Å². The summed E-state index contributed by atoms with van der Waals surface area (Å²) < 4.78 is 6.26. The van der Waals surface area contributed by atoms with E-state index in [4.69, 9.17) is 4.74 Å². The first-order valence-electron chi connectivity index (χ1n) is 10.6. The van der Waals surface area contributed by atoms with E-state index in [0.717, 1.165) is 48.5 Å². The number of aliphatic hydroxyl groups excluding tert-OH is 1. The Morgan fingerprint density at radius 3 is 2.46 bits per heavy atom. The molecule has 2 aromatic rings. The van der Waals surface area contributed by atoms with Crippen LogP contribution in [0.3, 0.4) is 0 Å². The van der Waals surface area contributed by atoms with Gasteiger partial charge >= 0.3 is 0 Å². The van der Waals surface area contributed by atoms with Crippen molar-refractivity contribution in [3.8, 4) is 5.75 Å². The maximum Gasteiger partial charge on any atom is 0.143 e. The summed E-state index contributed by atoms with van der Waals surface area (Å²) in [6.45, 7) is 11.0. The molecule has 3 rings (SSSR count). The molecular formula is C24H34N2O2. The fourth-order valence-electron chi connectivity index (χ4n) is 4.19. The van der Waals surface area contributed by atoms with Crippen LogP contribution < -0.4 is 15.0 Å². The molecule has 0 radical (unpaired) electrons. The Bertz CT molecular complexity index is 757. The van der Waals surface area contributed by atoms with Gasteiger partial charge in [0.1, 0.15) is 12.4 Å². The van der Waals surface area contributed by atoms with Crippen molar-refractivity contribution in [3.05, 3.63) is 59.2 Å². The molecule has 4 heteroatoms. The molecule has 2 unspecified atom stereocenters. The number of ether oxygens (including phenoxy) is 1. The molecule has 2 aromatic carbocycles. The summed E-state index contributed by atoms with van der Waals surface area (Å²) in [4.78, 5) is 2.35. The van der Waals surface area contributed by atoms with E-state index in [1.165, 1.54) is 5.56 Å². The number of fused-ring (bicyclic) bond motifs is 1. The van der Waals surface area contributed by atoms with Crippen LogP contribution in [0, 0.1) is 0 Å². The molecule has 0 fully saturated rings.